The molecule has 0 spiro atoms. The van der Waals surface area contributed by atoms with Crippen LogP contribution in [0.25, 0.3) is 0 Å². The summed E-state index contributed by atoms with van der Waals surface area (Å²) in [6, 6.07) is 0. The van der Waals surface area contributed by atoms with Crippen LogP contribution in [-0.2, 0) is 0 Å². The molecule has 0 aromatic heterocycles. The van der Waals surface area contributed by atoms with Crippen molar-refractivity contribution in [2.45, 2.75) is 81.3 Å². The molecular formula is C24H38Li2Si. The van der Waals surface area contributed by atoms with Gasteiger partial charge in [-0.1, -0.05) is 104 Å². The van der Waals surface area contributed by atoms with E-state index < -0.39 is 8.07 Å². The Bertz CT molecular complexity index is 604. The molecule has 0 aromatic rings. The molecule has 0 amide bonds. The van der Waals surface area contributed by atoms with Crippen molar-refractivity contribution in [2.75, 3.05) is 0 Å². The predicted molar refractivity (Wildman–Crippen MR) is 114 cm³/mol. The van der Waals surface area contributed by atoms with Gasteiger partial charge in [0.05, 0.1) is 0 Å². The average molecular weight is 369 g/mol. The topological polar surface area (TPSA) is 0 Å². The summed E-state index contributed by atoms with van der Waals surface area (Å²) in [7, 11) is -1.82. The molecule has 0 nitrogen and oxygen atoms in total. The van der Waals surface area contributed by atoms with Gasteiger partial charge in [-0.25, -0.2) is 10.4 Å². The molecule has 2 aliphatic rings. The van der Waals surface area contributed by atoms with Gasteiger partial charge >= 0.3 is 37.7 Å². The van der Waals surface area contributed by atoms with Gasteiger partial charge in [-0.15, -0.1) is 0 Å². The first-order valence-electron chi connectivity index (χ1n) is 10.1. The molecule has 0 saturated carbocycles. The molecule has 0 aromatic carbocycles. The van der Waals surface area contributed by atoms with Crippen LogP contribution in [0.4, 0.5) is 0 Å². The fourth-order valence-corrected chi connectivity index (χ4v) is 7.65. The summed E-state index contributed by atoms with van der Waals surface area (Å²) >= 11 is 0. The predicted octanol–water partition coefficient (Wildman–Crippen LogP) is 1.26. The third kappa shape index (κ3) is 5.30. The quantitative estimate of drug-likeness (QED) is 0.489. The van der Waals surface area contributed by atoms with Gasteiger partial charge in [-0.05, 0) is 0 Å². The van der Waals surface area contributed by atoms with Gasteiger partial charge in [-0.2, -0.15) is 23.3 Å². The zero-order valence-corrected chi connectivity index (χ0v) is 21.2. The summed E-state index contributed by atoms with van der Waals surface area (Å²) in [5.41, 5.74) is 3.57. The van der Waals surface area contributed by atoms with Crippen LogP contribution >= 0.6 is 0 Å². The van der Waals surface area contributed by atoms with Crippen LogP contribution in [0.2, 0.25) is 13.1 Å². The fourth-order valence-electron chi connectivity index (χ4n) is 4.03. The van der Waals surface area contributed by atoms with E-state index in [1.165, 1.54) is 12.8 Å². The standard InChI is InChI=1S/C24H38Si.2Li/c1-11-23(5,6)19-13-17(3)15-21(19)25(9,10)22-16-18(4)14-20(22)24(7,8)12-2;;/h13-14,17-18H,11-12H2,1-10H3;;/q-2;2*+1. The van der Waals surface area contributed by atoms with E-state index >= 15 is 0 Å². The van der Waals surface area contributed by atoms with E-state index in [2.05, 4.69) is 92.8 Å². The normalized spacial score (nSPS) is 23.0. The molecule has 140 valence electrons. The van der Waals surface area contributed by atoms with E-state index in [4.69, 9.17) is 0 Å². The molecule has 27 heavy (non-hydrogen) atoms. The van der Waals surface area contributed by atoms with Crippen LogP contribution in [0.15, 0.2) is 33.7 Å². The van der Waals surface area contributed by atoms with Crippen molar-refractivity contribution in [3.8, 4) is 0 Å². The first-order chi connectivity index (χ1) is 11.4. The molecule has 0 aliphatic heterocycles. The monoisotopic (exact) mass is 368 g/mol. The maximum Gasteiger partial charge on any atom is 1.00 e. The molecule has 0 heterocycles. The van der Waals surface area contributed by atoms with Crippen molar-refractivity contribution in [1.29, 1.82) is 0 Å². The molecule has 2 atom stereocenters. The zero-order valence-electron chi connectivity index (χ0n) is 20.2. The van der Waals surface area contributed by atoms with Gasteiger partial charge in [0.2, 0.25) is 0 Å². The Kier molecular flexibility index (Phi) is 9.59. The molecule has 0 bridgehead atoms. The molecule has 0 N–H and O–H groups in total. The molecule has 0 fully saturated rings. The molecule has 2 unspecified atom stereocenters. The summed E-state index contributed by atoms with van der Waals surface area (Å²) < 4.78 is 0. The smallest absolute Gasteiger partial charge is 0.270 e. The van der Waals surface area contributed by atoms with Gasteiger partial charge in [0, 0.05) is 8.07 Å². The second-order valence-electron chi connectivity index (χ2n) is 9.88. The number of rotatable bonds is 6. The SMILES string of the molecule is CCC(C)(C)C1=CC(C)[C-]=C1[Si](C)(C)C1=[C-]C(C)C=C1C(C)(C)CC.[Li+].[Li+]. The van der Waals surface area contributed by atoms with Crippen molar-refractivity contribution >= 4 is 8.07 Å². The maximum atomic E-state index is 3.86. The van der Waals surface area contributed by atoms with Crippen LogP contribution in [0.3, 0.4) is 0 Å². The average Bonchev–Trinajstić information content (AvgIpc) is 3.12. The van der Waals surface area contributed by atoms with Crippen LogP contribution in [-0.4, -0.2) is 8.07 Å². The number of allylic oxidation sites excluding steroid dienone is 8. The van der Waals surface area contributed by atoms with E-state index in [0.29, 0.717) is 11.8 Å². The molecule has 0 saturated heterocycles. The second-order valence-corrected chi connectivity index (χ2v) is 14.1. The minimum Gasteiger partial charge on any atom is -0.270 e. The van der Waals surface area contributed by atoms with Crippen LogP contribution in [0.1, 0.15) is 68.2 Å². The summed E-state index contributed by atoms with van der Waals surface area (Å²) in [5, 5.41) is 3.09. The Morgan fingerprint density at radius 2 is 1.07 bits per heavy atom. The molecule has 0 radical (unpaired) electrons. The minimum atomic E-state index is -1.82. The van der Waals surface area contributed by atoms with E-state index in [0.717, 1.165) is 0 Å². The third-order valence-electron chi connectivity index (χ3n) is 6.59. The van der Waals surface area contributed by atoms with Crippen LogP contribution in [0.5, 0.6) is 0 Å². The second kappa shape index (κ2) is 9.46. The van der Waals surface area contributed by atoms with Crippen molar-refractivity contribution in [3.05, 3.63) is 45.8 Å². The maximum absolute atomic E-state index is 3.86. The van der Waals surface area contributed by atoms with Crippen molar-refractivity contribution in [3.63, 3.8) is 0 Å². The van der Waals surface area contributed by atoms with Crippen molar-refractivity contribution in [1.82, 2.24) is 0 Å². The summed E-state index contributed by atoms with van der Waals surface area (Å²) in [6.45, 7) is 23.8. The van der Waals surface area contributed by atoms with Gasteiger partial charge < -0.3 is 0 Å². The zero-order chi connectivity index (χ0) is 19.2. The Morgan fingerprint density at radius 1 is 0.778 bits per heavy atom. The van der Waals surface area contributed by atoms with Crippen LogP contribution < -0.4 is 37.7 Å². The van der Waals surface area contributed by atoms with E-state index in [1.807, 2.05) is 0 Å². The minimum absolute atomic E-state index is 0. The van der Waals surface area contributed by atoms with Crippen molar-refractivity contribution < 1.29 is 37.7 Å². The number of hydrogen-bond acceptors (Lipinski definition) is 0. The first-order valence-corrected chi connectivity index (χ1v) is 13.1. The summed E-state index contributed by atoms with van der Waals surface area (Å²) in [4.78, 5) is 0. The molecule has 2 aliphatic carbocycles. The van der Waals surface area contributed by atoms with E-state index in [9.17, 15) is 0 Å². The van der Waals surface area contributed by atoms with Gasteiger partial charge in [0.25, 0.3) is 0 Å². The van der Waals surface area contributed by atoms with Crippen LogP contribution in [0, 0.1) is 34.8 Å². The number of hydrogen-bond donors (Lipinski definition) is 0. The molecule has 3 heteroatoms. The molecule has 2 rings (SSSR count). The van der Waals surface area contributed by atoms with Gasteiger partial charge in [-0.3, -0.25) is 12.2 Å². The fraction of sp³-hybridized carbons (Fsp3) is 0.667. The largest absolute Gasteiger partial charge is 1.00 e. The Labute approximate surface area is 194 Å². The Morgan fingerprint density at radius 3 is 1.33 bits per heavy atom. The third-order valence-corrected chi connectivity index (χ3v) is 9.92. The molecular weight excluding hydrogens is 330 g/mol. The Balaban J connectivity index is 0.00000338. The van der Waals surface area contributed by atoms with Gasteiger partial charge in [0.15, 0.2) is 0 Å². The first kappa shape index (κ1) is 27.4. The Hall–Kier alpha value is 0.372. The van der Waals surface area contributed by atoms with E-state index in [-0.39, 0.29) is 48.6 Å². The summed E-state index contributed by atoms with van der Waals surface area (Å²) in [5.74, 6) is 0.877. The van der Waals surface area contributed by atoms with E-state index in [1.54, 1.807) is 21.5 Å². The van der Waals surface area contributed by atoms with Crippen molar-refractivity contribution in [2.24, 2.45) is 22.7 Å². The van der Waals surface area contributed by atoms with Gasteiger partial charge in [0.1, 0.15) is 0 Å². The summed E-state index contributed by atoms with van der Waals surface area (Å²) in [6.07, 6.45) is 15.0.